The molecule has 228 valence electrons. The normalized spacial score (nSPS) is 21.6. The number of halogens is 6. The molecule has 2 aromatic rings. The lowest BCUT2D eigenvalue weighted by Crippen LogP contribution is -2.40. The summed E-state index contributed by atoms with van der Waals surface area (Å²) in [4.78, 5) is 30.1. The van der Waals surface area contributed by atoms with Crippen molar-refractivity contribution in [2.45, 2.75) is 82.3 Å². The van der Waals surface area contributed by atoms with Crippen LogP contribution in [0.2, 0.25) is 0 Å². The molecule has 0 unspecified atom stereocenters. The minimum Gasteiger partial charge on any atom is -0.444 e. The van der Waals surface area contributed by atoms with Crippen molar-refractivity contribution < 1.29 is 49.8 Å². The van der Waals surface area contributed by atoms with Gasteiger partial charge in [-0.25, -0.2) is 27.7 Å². The first-order chi connectivity index (χ1) is 19.0. The topological polar surface area (TPSA) is 106 Å². The van der Waals surface area contributed by atoms with Gasteiger partial charge in [0, 0.05) is 25.5 Å². The van der Waals surface area contributed by atoms with Crippen LogP contribution in [0.1, 0.15) is 70.0 Å². The van der Waals surface area contributed by atoms with Crippen LogP contribution in [0, 0.1) is 11.7 Å². The Labute approximate surface area is 231 Å². The Hall–Kier alpha value is -3.23. The highest BCUT2D eigenvalue weighted by molar-refractivity contribution is 5.79. The lowest BCUT2D eigenvalue weighted by atomic mass is 9.82. The number of benzene rings is 1. The molecule has 1 saturated heterocycles. The molecule has 1 aliphatic heterocycles. The minimum atomic E-state index is -4.70. The average Bonchev–Trinajstić information content (AvgIpc) is 3.45. The van der Waals surface area contributed by atoms with E-state index in [1.165, 1.54) is 19.2 Å². The molecule has 2 heterocycles. The molecule has 1 aliphatic carbocycles. The molecule has 15 heteroatoms. The summed E-state index contributed by atoms with van der Waals surface area (Å²) in [5.41, 5.74) is -1.37. The van der Waals surface area contributed by atoms with Gasteiger partial charge in [0.2, 0.25) is 11.8 Å². The predicted octanol–water partition coefficient (Wildman–Crippen LogP) is 6.00. The van der Waals surface area contributed by atoms with Gasteiger partial charge in [0.1, 0.15) is 23.2 Å². The number of alkyl halides is 5. The Morgan fingerprint density at radius 1 is 1.24 bits per heavy atom. The zero-order chi connectivity index (χ0) is 30.3. The third kappa shape index (κ3) is 6.99. The molecular formula is C26H32F6N4O5. The zero-order valence-corrected chi connectivity index (χ0v) is 22.9. The van der Waals surface area contributed by atoms with E-state index in [1.54, 1.807) is 20.8 Å². The molecule has 1 aromatic heterocycles. The minimum absolute atomic E-state index is 0.0281. The Balaban J connectivity index is 1.68. The van der Waals surface area contributed by atoms with E-state index in [0.717, 1.165) is 4.90 Å². The summed E-state index contributed by atoms with van der Waals surface area (Å²) in [7, 11) is 1.26. The Kier molecular flexibility index (Phi) is 8.40. The second-order valence-electron chi connectivity index (χ2n) is 11.4. The number of urea groups is 1. The number of fused-ring (bicyclic) bond motifs is 1. The summed E-state index contributed by atoms with van der Waals surface area (Å²) in [5.74, 6) is -4.48. The number of aromatic nitrogens is 1. The van der Waals surface area contributed by atoms with Crippen LogP contribution in [0.4, 0.5) is 35.9 Å². The second kappa shape index (κ2) is 11.2. The zero-order valence-electron chi connectivity index (χ0n) is 22.9. The molecule has 2 aliphatic rings. The summed E-state index contributed by atoms with van der Waals surface area (Å²) in [6.07, 6.45) is -6.33. The van der Waals surface area contributed by atoms with Crippen LogP contribution in [0.25, 0.3) is 11.1 Å². The molecule has 3 amide bonds. The number of carbonyl (C=O) groups is 2. The van der Waals surface area contributed by atoms with Crippen LogP contribution in [0.3, 0.4) is 0 Å². The van der Waals surface area contributed by atoms with E-state index in [-0.39, 0.29) is 42.0 Å². The lowest BCUT2D eigenvalue weighted by molar-refractivity contribution is -0.150. The summed E-state index contributed by atoms with van der Waals surface area (Å²) < 4.78 is 99.6. The number of nitrogens with zero attached hydrogens (tertiary/aromatic N) is 2. The van der Waals surface area contributed by atoms with Gasteiger partial charge >= 0.3 is 18.3 Å². The maximum absolute atomic E-state index is 15.9. The molecule has 41 heavy (non-hydrogen) atoms. The molecule has 2 fully saturated rings. The fraction of sp³-hybridized carbons (Fsp3) is 0.654. The number of carbonyl (C=O) groups excluding carboxylic acids is 2. The third-order valence-corrected chi connectivity index (χ3v) is 7.11. The van der Waals surface area contributed by atoms with Gasteiger partial charge in [-0.3, -0.25) is 0 Å². The van der Waals surface area contributed by atoms with Crippen molar-refractivity contribution in [1.82, 2.24) is 20.5 Å². The van der Waals surface area contributed by atoms with Gasteiger partial charge < -0.3 is 29.4 Å². The molecule has 0 radical (unpaired) electrons. The van der Waals surface area contributed by atoms with E-state index in [2.05, 4.69) is 10.3 Å². The summed E-state index contributed by atoms with van der Waals surface area (Å²) in [6.45, 7) is 3.86. The SMILES string of the molecule is COC[C@@H](c1ccc2oc([C@H](NC(=O)OC(C)(C)C)C3CCC(F)(F)CC3)nc2c1F)N1C[C@@H](C(F)(F)F)NC1=O. The van der Waals surface area contributed by atoms with Crippen molar-refractivity contribution in [3.63, 3.8) is 0 Å². The molecule has 1 saturated carbocycles. The largest absolute Gasteiger partial charge is 0.444 e. The van der Waals surface area contributed by atoms with Crippen molar-refractivity contribution in [2.75, 3.05) is 20.3 Å². The van der Waals surface area contributed by atoms with E-state index >= 15 is 4.39 Å². The van der Waals surface area contributed by atoms with Crippen molar-refractivity contribution in [2.24, 2.45) is 5.92 Å². The maximum atomic E-state index is 15.9. The number of rotatable bonds is 7. The van der Waals surface area contributed by atoms with Gasteiger partial charge in [-0.1, -0.05) is 6.07 Å². The van der Waals surface area contributed by atoms with E-state index < -0.39 is 79.1 Å². The van der Waals surface area contributed by atoms with Crippen LogP contribution in [0.5, 0.6) is 0 Å². The van der Waals surface area contributed by atoms with Crippen molar-refractivity contribution in [3.8, 4) is 0 Å². The fourth-order valence-corrected chi connectivity index (χ4v) is 5.11. The number of nitrogens with one attached hydrogen (secondary N) is 2. The molecule has 0 bridgehead atoms. The smallest absolute Gasteiger partial charge is 0.410 e. The van der Waals surface area contributed by atoms with Gasteiger partial charge in [0.25, 0.3) is 0 Å². The number of amides is 3. The molecular weight excluding hydrogens is 562 g/mol. The van der Waals surface area contributed by atoms with Crippen LogP contribution >= 0.6 is 0 Å². The number of hydrogen-bond donors (Lipinski definition) is 2. The number of methoxy groups -OCH3 is 1. The Morgan fingerprint density at radius 3 is 2.46 bits per heavy atom. The monoisotopic (exact) mass is 594 g/mol. The molecule has 9 nitrogen and oxygen atoms in total. The quantitative estimate of drug-likeness (QED) is 0.381. The standard InChI is InChI=1S/C26H32F6N4O5/c1-24(2,3)41-23(38)35-19(13-7-9-25(28,29)10-8-13)21-34-20-16(40-21)6-5-14(18(20)27)15(12-39-4)36-11-17(26(30,31)32)33-22(36)37/h5-6,13,15,17,19H,7-12H2,1-4H3,(H,33,37)(H,35,38)/t15-,17-,19+/m0/s1. The predicted molar refractivity (Wildman–Crippen MR) is 133 cm³/mol. The van der Waals surface area contributed by atoms with E-state index in [1.807, 2.05) is 5.32 Å². The van der Waals surface area contributed by atoms with Gasteiger partial charge in [0.15, 0.2) is 11.4 Å². The highest BCUT2D eigenvalue weighted by Gasteiger charge is 2.49. The van der Waals surface area contributed by atoms with E-state index in [9.17, 15) is 31.5 Å². The van der Waals surface area contributed by atoms with Crippen LogP contribution < -0.4 is 10.6 Å². The van der Waals surface area contributed by atoms with Crippen LogP contribution in [-0.4, -0.2) is 66.0 Å². The molecule has 1 aromatic carbocycles. The number of oxazole rings is 1. The molecule has 2 N–H and O–H groups in total. The fourth-order valence-electron chi connectivity index (χ4n) is 5.11. The van der Waals surface area contributed by atoms with Gasteiger partial charge in [-0.2, -0.15) is 13.2 Å². The Bertz CT molecular complexity index is 1270. The first-order valence-corrected chi connectivity index (χ1v) is 13.1. The summed E-state index contributed by atoms with van der Waals surface area (Å²) in [5, 5.41) is 4.47. The van der Waals surface area contributed by atoms with E-state index in [0.29, 0.717) is 0 Å². The van der Waals surface area contributed by atoms with Crippen molar-refractivity contribution in [1.29, 1.82) is 0 Å². The molecule has 4 rings (SSSR count). The maximum Gasteiger partial charge on any atom is 0.410 e. The second-order valence-corrected chi connectivity index (χ2v) is 11.4. The molecule has 3 atom stereocenters. The van der Waals surface area contributed by atoms with Crippen molar-refractivity contribution in [3.05, 3.63) is 29.4 Å². The summed E-state index contributed by atoms with van der Waals surface area (Å²) in [6, 6.07) is -2.84. The van der Waals surface area contributed by atoms with Gasteiger partial charge in [-0.15, -0.1) is 0 Å². The molecule has 0 spiro atoms. The lowest BCUT2D eigenvalue weighted by Gasteiger charge is -2.33. The van der Waals surface area contributed by atoms with Gasteiger partial charge in [0.05, 0.1) is 19.2 Å². The van der Waals surface area contributed by atoms with Gasteiger partial charge in [-0.05, 0) is 45.6 Å². The number of hydrogen-bond acceptors (Lipinski definition) is 6. The van der Waals surface area contributed by atoms with Crippen LogP contribution in [-0.2, 0) is 9.47 Å². The highest BCUT2D eigenvalue weighted by atomic mass is 19.4. The first-order valence-electron chi connectivity index (χ1n) is 13.1. The third-order valence-electron chi connectivity index (χ3n) is 7.11. The average molecular weight is 595 g/mol. The highest BCUT2D eigenvalue weighted by Crippen LogP contribution is 2.42. The Morgan fingerprint density at radius 2 is 1.90 bits per heavy atom. The first kappa shape index (κ1) is 30.7. The summed E-state index contributed by atoms with van der Waals surface area (Å²) >= 11 is 0. The van der Waals surface area contributed by atoms with Crippen LogP contribution in [0.15, 0.2) is 16.5 Å². The number of ether oxygens (including phenoxy) is 2. The van der Waals surface area contributed by atoms with E-state index in [4.69, 9.17) is 13.9 Å². The number of alkyl carbamates (subject to hydrolysis) is 1. The van der Waals surface area contributed by atoms with Crippen molar-refractivity contribution >= 4 is 23.2 Å².